The molecule has 1 aromatic heterocycles. The summed E-state index contributed by atoms with van der Waals surface area (Å²) in [5, 5.41) is 4.11. The van der Waals surface area contributed by atoms with Gasteiger partial charge in [0.05, 0.1) is 11.8 Å². The normalized spacial score (nSPS) is 13.0. The van der Waals surface area contributed by atoms with Crippen molar-refractivity contribution in [2.75, 3.05) is 6.61 Å². The number of nitrogens with one attached hydrogen (secondary N) is 1. The van der Waals surface area contributed by atoms with Gasteiger partial charge in [-0.1, -0.05) is 36.4 Å². The minimum atomic E-state index is -0.232. The van der Waals surface area contributed by atoms with Crippen molar-refractivity contribution in [2.24, 2.45) is 5.10 Å². The zero-order valence-electron chi connectivity index (χ0n) is 15.8. The third-order valence-corrected chi connectivity index (χ3v) is 4.74. The topological polar surface area (TPSA) is 55.6 Å². The molecule has 0 unspecified atom stereocenters. The fourth-order valence-corrected chi connectivity index (χ4v) is 3.41. The maximum Gasteiger partial charge on any atom is 0.273 e. The van der Waals surface area contributed by atoms with E-state index in [1.165, 1.54) is 0 Å². The molecule has 0 atom stereocenters. The van der Waals surface area contributed by atoms with E-state index in [0.717, 1.165) is 34.0 Å². The molecular formula is C23H21N3O2. The zero-order valence-corrected chi connectivity index (χ0v) is 15.8. The maximum atomic E-state index is 12.6. The quantitative estimate of drug-likeness (QED) is 0.550. The van der Waals surface area contributed by atoms with E-state index in [2.05, 4.69) is 15.1 Å². The molecule has 28 heavy (non-hydrogen) atoms. The van der Waals surface area contributed by atoms with Gasteiger partial charge in [-0.25, -0.2) is 5.43 Å². The van der Waals surface area contributed by atoms with Crippen LogP contribution in [0.25, 0.3) is 11.8 Å². The molecule has 0 saturated heterocycles. The average molecular weight is 371 g/mol. The standard InChI is InChI=1S/C23H21N3O2/c1-16-12-21(17(2)26(16)20-9-4-3-5-10-20)23(27)25-24-14-18-13-19-8-6-7-11-22(19)28-15-18/h3-14H,15H2,1-2H3,(H,25,27). The molecule has 0 radical (unpaired) electrons. The second kappa shape index (κ2) is 7.56. The molecule has 3 aromatic rings. The highest BCUT2D eigenvalue weighted by atomic mass is 16.5. The monoisotopic (exact) mass is 371 g/mol. The predicted molar refractivity (Wildman–Crippen MR) is 111 cm³/mol. The average Bonchev–Trinajstić information content (AvgIpc) is 3.02. The van der Waals surface area contributed by atoms with Crippen LogP contribution in [0.3, 0.4) is 0 Å². The Kier molecular flexibility index (Phi) is 4.81. The van der Waals surface area contributed by atoms with E-state index in [9.17, 15) is 4.79 Å². The molecule has 0 bridgehead atoms. The highest BCUT2D eigenvalue weighted by Crippen LogP contribution is 2.25. The van der Waals surface area contributed by atoms with E-state index >= 15 is 0 Å². The van der Waals surface area contributed by atoms with Crippen molar-refractivity contribution in [3.05, 3.63) is 88.8 Å². The Morgan fingerprint density at radius 3 is 2.68 bits per heavy atom. The van der Waals surface area contributed by atoms with Crippen LogP contribution in [0.15, 0.2) is 71.3 Å². The van der Waals surface area contributed by atoms with Gasteiger partial charge in [-0.3, -0.25) is 4.79 Å². The highest BCUT2D eigenvalue weighted by Gasteiger charge is 2.16. The van der Waals surface area contributed by atoms with Gasteiger partial charge >= 0.3 is 0 Å². The maximum absolute atomic E-state index is 12.6. The zero-order chi connectivity index (χ0) is 19.5. The number of nitrogens with zero attached hydrogens (tertiary/aromatic N) is 2. The van der Waals surface area contributed by atoms with E-state index < -0.39 is 0 Å². The fourth-order valence-electron chi connectivity index (χ4n) is 3.41. The lowest BCUT2D eigenvalue weighted by atomic mass is 10.1. The molecule has 140 valence electrons. The van der Waals surface area contributed by atoms with Crippen molar-refractivity contribution in [1.29, 1.82) is 0 Å². The number of rotatable bonds is 4. The first kappa shape index (κ1) is 17.8. The van der Waals surface area contributed by atoms with Gasteiger partial charge in [0.1, 0.15) is 12.4 Å². The van der Waals surface area contributed by atoms with Crippen LogP contribution in [0.2, 0.25) is 0 Å². The van der Waals surface area contributed by atoms with Gasteiger partial charge in [0.25, 0.3) is 5.91 Å². The second-order valence-corrected chi connectivity index (χ2v) is 6.70. The fraction of sp³-hybridized carbons (Fsp3) is 0.130. The molecule has 1 amide bonds. The van der Waals surface area contributed by atoms with E-state index in [4.69, 9.17) is 4.74 Å². The molecule has 0 fully saturated rings. The van der Waals surface area contributed by atoms with Gasteiger partial charge in [-0.15, -0.1) is 0 Å². The summed E-state index contributed by atoms with van der Waals surface area (Å²) >= 11 is 0. The molecule has 1 N–H and O–H groups in total. The summed E-state index contributed by atoms with van der Waals surface area (Å²) in [5.74, 6) is 0.626. The summed E-state index contributed by atoms with van der Waals surface area (Å²) in [6, 6.07) is 19.7. The summed E-state index contributed by atoms with van der Waals surface area (Å²) < 4.78 is 7.75. The van der Waals surface area contributed by atoms with Crippen molar-refractivity contribution in [1.82, 2.24) is 9.99 Å². The van der Waals surface area contributed by atoms with E-state index in [-0.39, 0.29) is 5.91 Å². The number of aromatic nitrogens is 1. The molecule has 0 spiro atoms. The summed E-state index contributed by atoms with van der Waals surface area (Å²) in [6.07, 6.45) is 3.64. The number of amides is 1. The van der Waals surface area contributed by atoms with Crippen LogP contribution in [0.4, 0.5) is 0 Å². The lowest BCUT2D eigenvalue weighted by molar-refractivity contribution is 0.0954. The Morgan fingerprint density at radius 1 is 1.11 bits per heavy atom. The lowest BCUT2D eigenvalue weighted by Crippen LogP contribution is -2.19. The van der Waals surface area contributed by atoms with Crippen molar-refractivity contribution in [3.8, 4) is 11.4 Å². The van der Waals surface area contributed by atoms with E-state index in [1.54, 1.807) is 6.21 Å². The van der Waals surface area contributed by atoms with Crippen molar-refractivity contribution in [3.63, 3.8) is 0 Å². The number of hydrogen-bond donors (Lipinski definition) is 1. The van der Waals surface area contributed by atoms with Crippen molar-refractivity contribution < 1.29 is 9.53 Å². The Morgan fingerprint density at radius 2 is 1.86 bits per heavy atom. The SMILES string of the molecule is Cc1cc(C(=O)NN=CC2=Cc3ccccc3OC2)c(C)n1-c1ccccc1. The molecule has 2 aromatic carbocycles. The van der Waals surface area contributed by atoms with Crippen LogP contribution in [0.5, 0.6) is 5.75 Å². The molecule has 0 aliphatic carbocycles. The minimum Gasteiger partial charge on any atom is -0.488 e. The molecule has 1 aliphatic heterocycles. The second-order valence-electron chi connectivity index (χ2n) is 6.70. The van der Waals surface area contributed by atoms with Crippen molar-refractivity contribution >= 4 is 18.2 Å². The van der Waals surface area contributed by atoms with Gasteiger partial charge in [0, 0.05) is 28.2 Å². The first-order chi connectivity index (χ1) is 13.6. The molecule has 4 rings (SSSR count). The molecule has 0 saturated carbocycles. The highest BCUT2D eigenvalue weighted by molar-refractivity contribution is 5.97. The van der Waals surface area contributed by atoms with Gasteiger partial charge in [0.15, 0.2) is 0 Å². The van der Waals surface area contributed by atoms with Crippen LogP contribution in [-0.2, 0) is 0 Å². The van der Waals surface area contributed by atoms with Crippen LogP contribution in [0.1, 0.15) is 27.3 Å². The Balaban J connectivity index is 1.49. The molecule has 1 aliphatic rings. The molecule has 5 heteroatoms. The lowest BCUT2D eigenvalue weighted by Gasteiger charge is -2.15. The van der Waals surface area contributed by atoms with Crippen LogP contribution in [0, 0.1) is 13.8 Å². The van der Waals surface area contributed by atoms with Crippen molar-refractivity contribution in [2.45, 2.75) is 13.8 Å². The first-order valence-corrected chi connectivity index (χ1v) is 9.13. The molecule has 5 nitrogen and oxygen atoms in total. The predicted octanol–water partition coefficient (Wildman–Crippen LogP) is 4.29. The third-order valence-electron chi connectivity index (χ3n) is 4.74. The number of hydrazone groups is 1. The van der Waals surface area contributed by atoms with Crippen LogP contribution in [-0.4, -0.2) is 23.3 Å². The van der Waals surface area contributed by atoms with Crippen LogP contribution < -0.4 is 10.2 Å². The third kappa shape index (κ3) is 3.47. The summed E-state index contributed by atoms with van der Waals surface area (Å²) in [4.78, 5) is 12.6. The van der Waals surface area contributed by atoms with Gasteiger partial charge in [0.2, 0.25) is 0 Å². The number of para-hydroxylation sites is 2. The summed E-state index contributed by atoms with van der Waals surface area (Å²) in [6.45, 7) is 4.35. The molecule has 2 heterocycles. The summed E-state index contributed by atoms with van der Waals surface area (Å²) in [7, 11) is 0. The number of aryl methyl sites for hydroxylation is 1. The number of carbonyl (C=O) groups excluding carboxylic acids is 1. The Labute approximate surface area is 164 Å². The van der Waals surface area contributed by atoms with E-state index in [0.29, 0.717) is 12.2 Å². The van der Waals surface area contributed by atoms with Crippen LogP contribution >= 0.6 is 0 Å². The smallest absolute Gasteiger partial charge is 0.273 e. The number of ether oxygens (including phenoxy) is 1. The number of carbonyl (C=O) groups is 1. The number of fused-ring (bicyclic) bond motifs is 1. The van der Waals surface area contributed by atoms with Gasteiger partial charge in [-0.2, -0.15) is 5.10 Å². The summed E-state index contributed by atoms with van der Waals surface area (Å²) in [5.41, 5.74) is 8.05. The largest absolute Gasteiger partial charge is 0.488 e. The van der Waals surface area contributed by atoms with E-state index in [1.807, 2.05) is 80.6 Å². The first-order valence-electron chi connectivity index (χ1n) is 9.13. The Hall–Kier alpha value is -3.60. The Bertz CT molecular complexity index is 1080. The van der Waals surface area contributed by atoms with Gasteiger partial charge < -0.3 is 9.30 Å². The number of benzene rings is 2. The molecular weight excluding hydrogens is 350 g/mol. The number of hydrogen-bond acceptors (Lipinski definition) is 3. The van der Waals surface area contributed by atoms with Gasteiger partial charge in [-0.05, 0) is 44.2 Å². The minimum absolute atomic E-state index is 0.232.